The first-order valence-corrected chi connectivity index (χ1v) is 8.03. The van der Waals surface area contributed by atoms with Crippen molar-refractivity contribution in [3.63, 3.8) is 0 Å². The second-order valence-electron chi connectivity index (χ2n) is 5.02. The van der Waals surface area contributed by atoms with Gasteiger partial charge in [0.15, 0.2) is 0 Å². The van der Waals surface area contributed by atoms with E-state index in [1.807, 2.05) is 37.4 Å². The third-order valence-electron chi connectivity index (χ3n) is 3.23. The molecule has 0 bridgehead atoms. The fourth-order valence-electron chi connectivity index (χ4n) is 2.07. The average Bonchev–Trinajstić information content (AvgIpc) is 2.95. The van der Waals surface area contributed by atoms with Gasteiger partial charge in [-0.15, -0.1) is 11.3 Å². The van der Waals surface area contributed by atoms with Crippen LogP contribution in [0.3, 0.4) is 0 Å². The summed E-state index contributed by atoms with van der Waals surface area (Å²) < 4.78 is 0. The molecule has 0 aliphatic rings. The monoisotopic (exact) mass is 303 g/mol. The smallest absolute Gasteiger partial charge is 0.270 e. The Morgan fingerprint density at radius 2 is 2.14 bits per heavy atom. The summed E-state index contributed by atoms with van der Waals surface area (Å²) in [4.78, 5) is 16.5. The third-order valence-corrected chi connectivity index (χ3v) is 4.11. The maximum atomic E-state index is 12.1. The van der Waals surface area contributed by atoms with Crippen molar-refractivity contribution in [3.8, 4) is 10.6 Å². The van der Waals surface area contributed by atoms with E-state index in [1.54, 1.807) is 0 Å². The summed E-state index contributed by atoms with van der Waals surface area (Å²) >= 11 is 1.50. The van der Waals surface area contributed by atoms with Crippen molar-refractivity contribution in [3.05, 3.63) is 40.9 Å². The van der Waals surface area contributed by atoms with Crippen LogP contribution in [0.15, 0.2) is 29.6 Å². The van der Waals surface area contributed by atoms with E-state index in [-0.39, 0.29) is 11.9 Å². The number of nitrogens with one attached hydrogen (secondary N) is 2. The van der Waals surface area contributed by atoms with Crippen molar-refractivity contribution in [2.45, 2.75) is 26.8 Å². The van der Waals surface area contributed by atoms with E-state index in [4.69, 9.17) is 0 Å². The van der Waals surface area contributed by atoms with Crippen molar-refractivity contribution < 1.29 is 4.79 Å². The third kappa shape index (κ3) is 4.12. The normalized spacial score (nSPS) is 12.1. The highest BCUT2D eigenvalue weighted by molar-refractivity contribution is 7.13. The topological polar surface area (TPSA) is 54.0 Å². The molecule has 0 aliphatic heterocycles. The van der Waals surface area contributed by atoms with Gasteiger partial charge in [0, 0.05) is 23.5 Å². The predicted molar refractivity (Wildman–Crippen MR) is 87.8 cm³/mol. The highest BCUT2D eigenvalue weighted by atomic mass is 32.1. The van der Waals surface area contributed by atoms with Crippen molar-refractivity contribution >= 4 is 17.2 Å². The minimum atomic E-state index is -0.115. The van der Waals surface area contributed by atoms with Crippen molar-refractivity contribution in [2.75, 3.05) is 13.1 Å². The number of carbonyl (C=O) groups is 1. The summed E-state index contributed by atoms with van der Waals surface area (Å²) in [5, 5.41) is 8.87. The minimum Gasteiger partial charge on any atom is -0.349 e. The number of thiazole rings is 1. The van der Waals surface area contributed by atoms with Crippen LogP contribution in [0.2, 0.25) is 0 Å². The number of carbonyl (C=O) groups excluding carboxylic acids is 1. The van der Waals surface area contributed by atoms with Gasteiger partial charge in [-0.25, -0.2) is 4.98 Å². The molecule has 1 aromatic heterocycles. The molecule has 0 saturated heterocycles. The zero-order chi connectivity index (χ0) is 15.2. The van der Waals surface area contributed by atoms with Crippen LogP contribution in [0, 0.1) is 6.92 Å². The molecule has 1 aromatic carbocycles. The standard InChI is InChI=1S/C16H21N3OS/c1-4-17-12(3)9-18-15(20)14-10-21-16(19-14)13-8-6-5-7-11(13)2/h5-8,10,12,17H,4,9H2,1-3H3,(H,18,20)/t12-/m1/s1. The number of likely N-dealkylation sites (N-methyl/N-ethyl adjacent to an activating group) is 1. The Kier molecular flexibility index (Phi) is 5.47. The number of nitrogens with zero attached hydrogens (tertiary/aromatic N) is 1. The lowest BCUT2D eigenvalue weighted by molar-refractivity contribution is 0.0946. The molecule has 0 radical (unpaired) electrons. The van der Waals surface area contributed by atoms with Crippen molar-refractivity contribution in [1.82, 2.24) is 15.6 Å². The Bertz CT molecular complexity index is 609. The molecule has 0 saturated carbocycles. The zero-order valence-corrected chi connectivity index (χ0v) is 13.5. The van der Waals surface area contributed by atoms with Gasteiger partial charge >= 0.3 is 0 Å². The van der Waals surface area contributed by atoms with Gasteiger partial charge in [0.25, 0.3) is 5.91 Å². The molecule has 5 heteroatoms. The van der Waals surface area contributed by atoms with Crippen LogP contribution < -0.4 is 10.6 Å². The molecular formula is C16H21N3OS. The first-order chi connectivity index (χ1) is 10.1. The van der Waals surface area contributed by atoms with Crippen LogP contribution in [0.1, 0.15) is 29.9 Å². The predicted octanol–water partition coefficient (Wildman–Crippen LogP) is 2.85. The van der Waals surface area contributed by atoms with Crippen molar-refractivity contribution in [1.29, 1.82) is 0 Å². The van der Waals surface area contributed by atoms with Crippen LogP contribution in [-0.4, -0.2) is 30.0 Å². The maximum Gasteiger partial charge on any atom is 0.270 e. The van der Waals surface area contributed by atoms with Gasteiger partial charge in [-0.3, -0.25) is 4.79 Å². The largest absolute Gasteiger partial charge is 0.349 e. The molecule has 0 unspecified atom stereocenters. The van der Waals surface area contributed by atoms with E-state index in [2.05, 4.69) is 28.6 Å². The lowest BCUT2D eigenvalue weighted by atomic mass is 10.1. The highest BCUT2D eigenvalue weighted by Gasteiger charge is 2.13. The fourth-order valence-corrected chi connectivity index (χ4v) is 2.96. The average molecular weight is 303 g/mol. The molecular weight excluding hydrogens is 282 g/mol. The van der Waals surface area contributed by atoms with E-state index in [9.17, 15) is 4.79 Å². The quantitative estimate of drug-likeness (QED) is 0.863. The second kappa shape index (κ2) is 7.33. The summed E-state index contributed by atoms with van der Waals surface area (Å²) in [5.74, 6) is -0.115. The molecule has 0 aliphatic carbocycles. The van der Waals surface area contributed by atoms with Crippen LogP contribution in [0.25, 0.3) is 10.6 Å². The van der Waals surface area contributed by atoms with E-state index in [0.29, 0.717) is 12.2 Å². The SMILES string of the molecule is CCN[C@H](C)CNC(=O)c1csc(-c2ccccc2C)n1. The van der Waals surface area contributed by atoms with Gasteiger partial charge in [0.1, 0.15) is 10.7 Å². The van der Waals surface area contributed by atoms with Gasteiger partial charge in [0.2, 0.25) is 0 Å². The Hall–Kier alpha value is -1.72. The molecule has 2 aromatic rings. The number of hydrogen-bond acceptors (Lipinski definition) is 4. The number of amides is 1. The molecule has 1 amide bonds. The Morgan fingerprint density at radius 1 is 1.38 bits per heavy atom. The number of aryl methyl sites for hydroxylation is 1. The Labute approximate surface area is 129 Å². The van der Waals surface area contributed by atoms with Gasteiger partial charge in [-0.05, 0) is 26.0 Å². The molecule has 1 heterocycles. The van der Waals surface area contributed by atoms with Gasteiger partial charge < -0.3 is 10.6 Å². The summed E-state index contributed by atoms with van der Waals surface area (Å²) in [5.41, 5.74) is 2.74. The fraction of sp³-hybridized carbons (Fsp3) is 0.375. The minimum absolute atomic E-state index is 0.115. The van der Waals surface area contributed by atoms with Crippen LogP contribution in [-0.2, 0) is 0 Å². The number of aromatic nitrogens is 1. The first-order valence-electron chi connectivity index (χ1n) is 7.15. The van der Waals surface area contributed by atoms with Crippen molar-refractivity contribution in [2.24, 2.45) is 0 Å². The molecule has 1 atom stereocenters. The number of benzene rings is 1. The summed E-state index contributed by atoms with van der Waals surface area (Å²) in [6.07, 6.45) is 0. The lowest BCUT2D eigenvalue weighted by Gasteiger charge is -2.12. The van der Waals surface area contributed by atoms with E-state index >= 15 is 0 Å². The molecule has 4 nitrogen and oxygen atoms in total. The lowest BCUT2D eigenvalue weighted by Crippen LogP contribution is -2.38. The van der Waals surface area contributed by atoms with Gasteiger partial charge in [-0.1, -0.05) is 31.2 Å². The number of rotatable bonds is 6. The van der Waals surface area contributed by atoms with E-state index in [0.717, 1.165) is 17.1 Å². The van der Waals surface area contributed by atoms with Crippen LogP contribution in [0.5, 0.6) is 0 Å². The van der Waals surface area contributed by atoms with Crippen LogP contribution >= 0.6 is 11.3 Å². The molecule has 0 spiro atoms. The summed E-state index contributed by atoms with van der Waals surface area (Å²) in [7, 11) is 0. The zero-order valence-electron chi connectivity index (χ0n) is 12.6. The molecule has 21 heavy (non-hydrogen) atoms. The van der Waals surface area contributed by atoms with E-state index < -0.39 is 0 Å². The second-order valence-corrected chi connectivity index (χ2v) is 5.88. The van der Waals surface area contributed by atoms with Crippen LogP contribution in [0.4, 0.5) is 0 Å². The first kappa shape index (κ1) is 15.7. The maximum absolute atomic E-state index is 12.1. The highest BCUT2D eigenvalue weighted by Crippen LogP contribution is 2.26. The molecule has 112 valence electrons. The molecule has 0 fully saturated rings. The van der Waals surface area contributed by atoms with E-state index in [1.165, 1.54) is 16.9 Å². The molecule has 2 rings (SSSR count). The van der Waals surface area contributed by atoms with Gasteiger partial charge in [-0.2, -0.15) is 0 Å². The van der Waals surface area contributed by atoms with Gasteiger partial charge in [0.05, 0.1) is 0 Å². The summed E-state index contributed by atoms with van der Waals surface area (Å²) in [6.45, 7) is 7.64. The summed E-state index contributed by atoms with van der Waals surface area (Å²) in [6, 6.07) is 8.33. The number of hydrogen-bond donors (Lipinski definition) is 2. The Morgan fingerprint density at radius 3 is 2.86 bits per heavy atom. The molecule has 2 N–H and O–H groups in total. The Balaban J connectivity index is 2.03.